The van der Waals surface area contributed by atoms with Crippen LogP contribution in [0.2, 0.25) is 0 Å². The standard InChI is InChI=1S/C7H14O4/c1-10-4-6-2-5(8)3-7(9)11-6/h5-9H,2-4H2,1H3/t5-,6+,7+/m1/s1. The Morgan fingerprint density at radius 3 is 2.73 bits per heavy atom. The summed E-state index contributed by atoms with van der Waals surface area (Å²) in [7, 11) is 1.57. The fourth-order valence-electron chi connectivity index (χ4n) is 1.26. The van der Waals surface area contributed by atoms with E-state index in [0.717, 1.165) is 0 Å². The lowest BCUT2D eigenvalue weighted by molar-refractivity contribution is -0.199. The molecule has 0 radical (unpaired) electrons. The van der Waals surface area contributed by atoms with Crippen molar-refractivity contribution in [1.29, 1.82) is 0 Å². The molecule has 0 aromatic heterocycles. The number of methoxy groups -OCH3 is 1. The molecule has 0 saturated carbocycles. The first-order valence-electron chi connectivity index (χ1n) is 3.73. The van der Waals surface area contributed by atoms with Gasteiger partial charge in [-0.3, -0.25) is 0 Å². The zero-order valence-electron chi connectivity index (χ0n) is 6.56. The van der Waals surface area contributed by atoms with Crippen molar-refractivity contribution in [2.45, 2.75) is 31.3 Å². The van der Waals surface area contributed by atoms with Gasteiger partial charge in [-0.1, -0.05) is 0 Å². The predicted octanol–water partition coefficient (Wildman–Crippen LogP) is -0.509. The summed E-state index contributed by atoms with van der Waals surface area (Å²) in [6, 6.07) is 0. The van der Waals surface area contributed by atoms with Gasteiger partial charge >= 0.3 is 0 Å². The number of hydrogen-bond donors (Lipinski definition) is 2. The molecule has 1 aliphatic heterocycles. The van der Waals surface area contributed by atoms with Gasteiger partial charge in [-0.2, -0.15) is 0 Å². The summed E-state index contributed by atoms with van der Waals surface area (Å²) in [5.74, 6) is 0. The first-order valence-corrected chi connectivity index (χ1v) is 3.73. The zero-order valence-corrected chi connectivity index (χ0v) is 6.56. The number of ether oxygens (including phenoxy) is 2. The largest absolute Gasteiger partial charge is 0.393 e. The van der Waals surface area contributed by atoms with Crippen LogP contribution < -0.4 is 0 Å². The highest BCUT2D eigenvalue weighted by atomic mass is 16.6. The van der Waals surface area contributed by atoms with Crippen LogP contribution in [-0.2, 0) is 9.47 Å². The van der Waals surface area contributed by atoms with Crippen molar-refractivity contribution in [3.63, 3.8) is 0 Å². The molecule has 1 heterocycles. The summed E-state index contributed by atoms with van der Waals surface area (Å²) in [5.41, 5.74) is 0. The normalized spacial score (nSPS) is 39.0. The second-order valence-corrected chi connectivity index (χ2v) is 2.79. The highest BCUT2D eigenvalue weighted by Gasteiger charge is 2.26. The average molecular weight is 162 g/mol. The molecule has 4 nitrogen and oxygen atoms in total. The van der Waals surface area contributed by atoms with Gasteiger partial charge in [-0.25, -0.2) is 0 Å². The Kier molecular flexibility index (Phi) is 3.26. The maximum Gasteiger partial charge on any atom is 0.157 e. The molecule has 1 fully saturated rings. The van der Waals surface area contributed by atoms with Gasteiger partial charge in [0.15, 0.2) is 6.29 Å². The summed E-state index contributed by atoms with van der Waals surface area (Å²) in [5, 5.41) is 18.2. The average Bonchev–Trinajstić information content (AvgIpc) is 1.85. The van der Waals surface area contributed by atoms with Crippen molar-refractivity contribution in [3.8, 4) is 0 Å². The molecule has 0 spiro atoms. The molecule has 2 N–H and O–H groups in total. The Balaban J connectivity index is 2.30. The summed E-state index contributed by atoms with van der Waals surface area (Å²) in [6.45, 7) is 0.425. The topological polar surface area (TPSA) is 58.9 Å². The van der Waals surface area contributed by atoms with E-state index < -0.39 is 12.4 Å². The SMILES string of the molecule is COC[C@@H]1C[C@@H](O)C[C@@H](O)O1. The van der Waals surface area contributed by atoms with Crippen LogP contribution in [-0.4, -0.2) is 42.4 Å². The number of aliphatic hydroxyl groups excluding tert-OH is 2. The van der Waals surface area contributed by atoms with E-state index in [-0.39, 0.29) is 6.10 Å². The third kappa shape index (κ3) is 2.75. The van der Waals surface area contributed by atoms with Gasteiger partial charge in [0.25, 0.3) is 0 Å². The lowest BCUT2D eigenvalue weighted by Gasteiger charge is -2.29. The van der Waals surface area contributed by atoms with Crippen LogP contribution in [0.1, 0.15) is 12.8 Å². The smallest absolute Gasteiger partial charge is 0.157 e. The van der Waals surface area contributed by atoms with Gasteiger partial charge in [0.05, 0.1) is 18.8 Å². The van der Waals surface area contributed by atoms with Gasteiger partial charge < -0.3 is 19.7 Å². The molecule has 0 bridgehead atoms. The van der Waals surface area contributed by atoms with E-state index in [1.807, 2.05) is 0 Å². The number of aliphatic hydroxyl groups is 2. The van der Waals surface area contributed by atoms with Crippen LogP contribution in [0.4, 0.5) is 0 Å². The minimum Gasteiger partial charge on any atom is -0.393 e. The van der Waals surface area contributed by atoms with Gasteiger partial charge in [0.2, 0.25) is 0 Å². The molecule has 1 rings (SSSR count). The number of hydrogen-bond acceptors (Lipinski definition) is 4. The first-order chi connectivity index (χ1) is 5.22. The second kappa shape index (κ2) is 4.01. The van der Waals surface area contributed by atoms with Crippen molar-refractivity contribution in [2.24, 2.45) is 0 Å². The van der Waals surface area contributed by atoms with Crippen LogP contribution in [0.25, 0.3) is 0 Å². The maximum atomic E-state index is 9.18. The van der Waals surface area contributed by atoms with Crippen LogP contribution in [0.5, 0.6) is 0 Å². The molecule has 4 heteroatoms. The first kappa shape index (κ1) is 8.93. The van der Waals surface area contributed by atoms with E-state index in [1.54, 1.807) is 7.11 Å². The van der Waals surface area contributed by atoms with E-state index in [0.29, 0.717) is 19.4 Å². The third-order valence-corrected chi connectivity index (χ3v) is 1.71. The van der Waals surface area contributed by atoms with E-state index in [2.05, 4.69) is 0 Å². The molecular weight excluding hydrogens is 148 g/mol. The molecule has 3 atom stereocenters. The molecule has 1 aliphatic rings. The Bertz CT molecular complexity index is 107. The van der Waals surface area contributed by atoms with Crippen molar-refractivity contribution < 1.29 is 19.7 Å². The molecule has 0 aromatic rings. The van der Waals surface area contributed by atoms with Crippen molar-refractivity contribution in [1.82, 2.24) is 0 Å². The lowest BCUT2D eigenvalue weighted by Crippen LogP contribution is -2.37. The molecule has 0 amide bonds. The van der Waals surface area contributed by atoms with Crippen LogP contribution in [0.3, 0.4) is 0 Å². The van der Waals surface area contributed by atoms with Crippen molar-refractivity contribution in [2.75, 3.05) is 13.7 Å². The van der Waals surface area contributed by atoms with Gasteiger partial charge in [0.1, 0.15) is 0 Å². The summed E-state index contributed by atoms with van der Waals surface area (Å²) < 4.78 is 9.90. The monoisotopic (exact) mass is 162 g/mol. The van der Waals surface area contributed by atoms with Gasteiger partial charge in [0, 0.05) is 20.0 Å². The van der Waals surface area contributed by atoms with Crippen LogP contribution >= 0.6 is 0 Å². The lowest BCUT2D eigenvalue weighted by atomic mass is 10.1. The maximum absolute atomic E-state index is 9.18. The third-order valence-electron chi connectivity index (χ3n) is 1.71. The van der Waals surface area contributed by atoms with E-state index >= 15 is 0 Å². The van der Waals surface area contributed by atoms with Crippen LogP contribution in [0.15, 0.2) is 0 Å². The molecule has 11 heavy (non-hydrogen) atoms. The molecule has 0 aromatic carbocycles. The number of rotatable bonds is 2. The quantitative estimate of drug-likeness (QED) is 0.574. The Hall–Kier alpha value is -0.160. The predicted molar refractivity (Wildman–Crippen MR) is 38.0 cm³/mol. The van der Waals surface area contributed by atoms with E-state index in [4.69, 9.17) is 14.6 Å². The molecule has 66 valence electrons. The molecule has 1 saturated heterocycles. The molecular formula is C7H14O4. The molecule has 0 aliphatic carbocycles. The van der Waals surface area contributed by atoms with Crippen molar-refractivity contribution >= 4 is 0 Å². The van der Waals surface area contributed by atoms with Crippen molar-refractivity contribution in [3.05, 3.63) is 0 Å². The minimum atomic E-state index is -0.834. The Morgan fingerprint density at radius 1 is 1.45 bits per heavy atom. The Morgan fingerprint density at radius 2 is 2.18 bits per heavy atom. The highest BCUT2D eigenvalue weighted by Crippen LogP contribution is 2.17. The summed E-state index contributed by atoms with van der Waals surface area (Å²) in [4.78, 5) is 0. The van der Waals surface area contributed by atoms with Gasteiger partial charge in [-0.05, 0) is 0 Å². The van der Waals surface area contributed by atoms with E-state index in [9.17, 15) is 5.11 Å². The highest BCUT2D eigenvalue weighted by molar-refractivity contribution is 4.71. The van der Waals surface area contributed by atoms with E-state index in [1.165, 1.54) is 0 Å². The fraction of sp³-hybridized carbons (Fsp3) is 1.00. The van der Waals surface area contributed by atoms with Crippen LogP contribution in [0, 0.1) is 0 Å². The summed E-state index contributed by atoms with van der Waals surface area (Å²) in [6.07, 6.45) is -0.609. The molecule has 0 unspecified atom stereocenters. The van der Waals surface area contributed by atoms with Gasteiger partial charge in [-0.15, -0.1) is 0 Å². The minimum absolute atomic E-state index is 0.168. The summed E-state index contributed by atoms with van der Waals surface area (Å²) >= 11 is 0. The second-order valence-electron chi connectivity index (χ2n) is 2.79. The fourth-order valence-corrected chi connectivity index (χ4v) is 1.26. The zero-order chi connectivity index (χ0) is 8.27. The Labute approximate surface area is 65.7 Å².